The molecule has 2 N–H and O–H groups in total. The molecular formula is C19H21ClF2N4O4. The van der Waals surface area contributed by atoms with Crippen LogP contribution in [0.15, 0.2) is 23.0 Å². The van der Waals surface area contributed by atoms with Crippen molar-refractivity contribution in [2.75, 3.05) is 18.0 Å². The van der Waals surface area contributed by atoms with E-state index in [0.29, 0.717) is 19.5 Å². The maximum absolute atomic E-state index is 13.9. The Bertz CT molecular complexity index is 1010. The molecule has 1 amide bonds. The number of anilines is 1. The van der Waals surface area contributed by atoms with Gasteiger partial charge in [0, 0.05) is 30.8 Å². The molecule has 1 saturated heterocycles. The Balaban J connectivity index is 1.91. The van der Waals surface area contributed by atoms with Gasteiger partial charge in [0.05, 0.1) is 6.04 Å². The minimum atomic E-state index is -1.13. The van der Waals surface area contributed by atoms with Gasteiger partial charge in [0.15, 0.2) is 5.02 Å². The van der Waals surface area contributed by atoms with Crippen LogP contribution in [-0.2, 0) is 6.61 Å². The van der Waals surface area contributed by atoms with Crippen LogP contribution in [0.3, 0.4) is 0 Å². The van der Waals surface area contributed by atoms with E-state index in [2.05, 4.69) is 10.3 Å². The summed E-state index contributed by atoms with van der Waals surface area (Å²) >= 11 is 6.17. The number of nitrogens with zero attached hydrogens (tertiary/aromatic N) is 3. The van der Waals surface area contributed by atoms with Gasteiger partial charge in [-0.15, -0.1) is 0 Å². The van der Waals surface area contributed by atoms with Crippen molar-refractivity contribution in [3.05, 3.63) is 50.8 Å². The van der Waals surface area contributed by atoms with E-state index in [1.54, 1.807) is 18.7 Å². The van der Waals surface area contributed by atoms with Crippen LogP contribution in [0, 0.1) is 11.6 Å². The minimum absolute atomic E-state index is 0.0794. The Morgan fingerprint density at radius 2 is 2.17 bits per heavy atom. The van der Waals surface area contributed by atoms with Crippen molar-refractivity contribution in [3.8, 4) is 5.88 Å². The summed E-state index contributed by atoms with van der Waals surface area (Å²) in [5.74, 6) is -1.40. The molecule has 1 atom stereocenters. The van der Waals surface area contributed by atoms with Gasteiger partial charge in [-0.2, -0.15) is 4.98 Å². The van der Waals surface area contributed by atoms with E-state index in [0.717, 1.165) is 12.1 Å². The number of benzene rings is 1. The lowest BCUT2D eigenvalue weighted by Crippen LogP contribution is -2.38. The summed E-state index contributed by atoms with van der Waals surface area (Å²) in [5.41, 5.74) is -0.448. The summed E-state index contributed by atoms with van der Waals surface area (Å²) in [4.78, 5) is 29.9. The topological polar surface area (TPSA) is 96.7 Å². The quantitative estimate of drug-likeness (QED) is 0.713. The summed E-state index contributed by atoms with van der Waals surface area (Å²) in [6, 6.07) is 2.48. The number of ether oxygens (including phenoxy) is 1. The van der Waals surface area contributed by atoms with Gasteiger partial charge in [-0.25, -0.2) is 13.6 Å². The molecule has 1 aromatic carbocycles. The van der Waals surface area contributed by atoms with Crippen molar-refractivity contribution < 1.29 is 23.4 Å². The normalized spacial score (nSPS) is 16.2. The summed E-state index contributed by atoms with van der Waals surface area (Å²) in [6.45, 7) is 4.07. The van der Waals surface area contributed by atoms with Crippen molar-refractivity contribution in [1.29, 1.82) is 0 Å². The van der Waals surface area contributed by atoms with E-state index in [1.807, 2.05) is 0 Å². The molecule has 1 aliphatic heterocycles. The molecule has 8 nitrogen and oxygen atoms in total. The van der Waals surface area contributed by atoms with Gasteiger partial charge in [0.1, 0.15) is 18.2 Å². The fourth-order valence-corrected chi connectivity index (χ4v) is 3.47. The lowest BCUT2D eigenvalue weighted by atomic mass is 10.2. The average molecular weight is 443 g/mol. The van der Waals surface area contributed by atoms with Gasteiger partial charge in [-0.1, -0.05) is 11.6 Å². The zero-order valence-corrected chi connectivity index (χ0v) is 17.1. The van der Waals surface area contributed by atoms with Crippen molar-refractivity contribution in [2.24, 2.45) is 0 Å². The molecule has 11 heteroatoms. The molecular weight excluding hydrogens is 422 g/mol. The highest BCUT2D eigenvalue weighted by Crippen LogP contribution is 2.27. The number of aromatic nitrogens is 2. The highest BCUT2D eigenvalue weighted by atomic mass is 35.5. The van der Waals surface area contributed by atoms with Crippen LogP contribution in [0.5, 0.6) is 5.88 Å². The predicted octanol–water partition coefficient (Wildman–Crippen LogP) is 3.18. The molecule has 0 unspecified atom stereocenters. The number of halogens is 3. The third-order valence-corrected chi connectivity index (χ3v) is 5.03. The molecule has 0 aliphatic carbocycles. The number of amides is 1. The van der Waals surface area contributed by atoms with E-state index < -0.39 is 23.3 Å². The third kappa shape index (κ3) is 4.64. The number of nitrogens with one attached hydrogen (secondary N) is 1. The van der Waals surface area contributed by atoms with E-state index in [-0.39, 0.29) is 41.1 Å². The van der Waals surface area contributed by atoms with Crippen LogP contribution in [-0.4, -0.2) is 39.9 Å². The maximum atomic E-state index is 13.9. The van der Waals surface area contributed by atoms with Crippen molar-refractivity contribution in [3.63, 3.8) is 0 Å². The lowest BCUT2D eigenvalue weighted by Gasteiger charge is -2.25. The highest BCUT2D eigenvalue weighted by molar-refractivity contribution is 6.31. The SMILES string of the molecule is CC(C)n1c(N2CC[C@H](NC(=O)O)C2)nc(OCc2ccc(F)cc2F)c(Cl)c1=O. The largest absolute Gasteiger partial charge is 0.471 e. The van der Waals surface area contributed by atoms with E-state index in [4.69, 9.17) is 21.4 Å². The van der Waals surface area contributed by atoms with E-state index >= 15 is 0 Å². The highest BCUT2D eigenvalue weighted by Gasteiger charge is 2.29. The second kappa shape index (κ2) is 8.86. The monoisotopic (exact) mass is 442 g/mol. The zero-order chi connectivity index (χ0) is 22.0. The van der Waals surface area contributed by atoms with Gasteiger partial charge in [-0.3, -0.25) is 9.36 Å². The number of hydrogen-bond donors (Lipinski definition) is 2. The molecule has 2 heterocycles. The number of rotatable bonds is 6. The smallest absolute Gasteiger partial charge is 0.404 e. The zero-order valence-electron chi connectivity index (χ0n) is 16.4. The first-order valence-electron chi connectivity index (χ1n) is 9.30. The Morgan fingerprint density at radius 1 is 1.43 bits per heavy atom. The summed E-state index contributed by atoms with van der Waals surface area (Å²) < 4.78 is 33.8. The Kier molecular flexibility index (Phi) is 6.45. The van der Waals surface area contributed by atoms with Crippen molar-refractivity contribution in [1.82, 2.24) is 14.9 Å². The second-order valence-electron chi connectivity index (χ2n) is 7.21. The molecule has 1 fully saturated rings. The molecule has 1 aliphatic rings. The first kappa shape index (κ1) is 21.8. The van der Waals surface area contributed by atoms with E-state index in [1.165, 1.54) is 10.6 Å². The Hall–Kier alpha value is -2.88. The number of carboxylic acid groups (broad SMARTS) is 1. The number of hydrogen-bond acceptors (Lipinski definition) is 5. The molecule has 0 radical (unpaired) electrons. The fraction of sp³-hybridized carbons (Fsp3) is 0.421. The molecule has 2 aromatic rings. The average Bonchev–Trinajstić information content (AvgIpc) is 3.11. The van der Waals surface area contributed by atoms with E-state index in [9.17, 15) is 18.4 Å². The van der Waals surface area contributed by atoms with Gasteiger partial charge >= 0.3 is 6.09 Å². The lowest BCUT2D eigenvalue weighted by molar-refractivity contribution is 0.191. The molecule has 0 saturated carbocycles. The summed E-state index contributed by atoms with van der Waals surface area (Å²) in [5, 5.41) is 11.1. The van der Waals surface area contributed by atoms with Gasteiger partial charge in [-0.05, 0) is 32.4 Å². The van der Waals surface area contributed by atoms with Crippen LogP contribution in [0.1, 0.15) is 31.9 Å². The van der Waals surface area contributed by atoms with Crippen molar-refractivity contribution >= 4 is 23.6 Å². The Labute approximate surface area is 176 Å². The van der Waals surface area contributed by atoms with Gasteiger partial charge in [0.25, 0.3) is 5.56 Å². The number of carbonyl (C=O) groups is 1. The molecule has 30 heavy (non-hydrogen) atoms. The van der Waals surface area contributed by atoms with Gasteiger partial charge in [0.2, 0.25) is 11.8 Å². The molecule has 0 bridgehead atoms. The molecule has 0 spiro atoms. The van der Waals surface area contributed by atoms with Gasteiger partial charge < -0.3 is 20.1 Å². The standard InChI is InChI=1S/C19H21ClF2N4O4/c1-10(2)26-17(27)15(20)16(30-9-11-3-4-12(21)7-14(11)22)24-18(26)25-6-5-13(8-25)23-19(28)29/h3-4,7,10,13,23H,5-6,8-9H2,1-2H3,(H,28,29)/t13-/m0/s1. The summed E-state index contributed by atoms with van der Waals surface area (Å²) in [6.07, 6.45) is -0.586. The summed E-state index contributed by atoms with van der Waals surface area (Å²) in [7, 11) is 0. The van der Waals surface area contributed by atoms with Crippen LogP contribution in [0.25, 0.3) is 0 Å². The predicted molar refractivity (Wildman–Crippen MR) is 106 cm³/mol. The Morgan fingerprint density at radius 3 is 2.80 bits per heavy atom. The fourth-order valence-electron chi connectivity index (χ4n) is 3.29. The molecule has 3 rings (SSSR count). The molecule has 162 valence electrons. The van der Waals surface area contributed by atoms with Crippen molar-refractivity contribution in [2.45, 2.75) is 39.0 Å². The van der Waals surface area contributed by atoms with Crippen LogP contribution < -0.4 is 20.5 Å². The van der Waals surface area contributed by atoms with Crippen LogP contribution in [0.4, 0.5) is 19.5 Å². The maximum Gasteiger partial charge on any atom is 0.404 e. The third-order valence-electron chi connectivity index (χ3n) is 4.71. The van der Waals surface area contributed by atoms with Crippen LogP contribution in [0.2, 0.25) is 5.02 Å². The van der Waals surface area contributed by atoms with Crippen LogP contribution >= 0.6 is 11.6 Å². The minimum Gasteiger partial charge on any atom is -0.471 e. The first-order chi connectivity index (χ1) is 14.2. The second-order valence-corrected chi connectivity index (χ2v) is 7.58. The molecule has 1 aromatic heterocycles. The first-order valence-corrected chi connectivity index (χ1v) is 9.68.